The molecule has 1 atom stereocenters. The number of allylic oxidation sites excluding steroid dienone is 12. The quantitative estimate of drug-likeness (QED) is 0.0420. The van der Waals surface area contributed by atoms with Gasteiger partial charge in [-0.15, -0.1) is 0 Å². The van der Waals surface area contributed by atoms with E-state index in [0.29, 0.717) is 13.0 Å². The molecule has 0 saturated carbocycles. The molecular weight excluding hydrogens is 580 g/mol. The van der Waals surface area contributed by atoms with Crippen molar-refractivity contribution >= 4 is 5.97 Å². The summed E-state index contributed by atoms with van der Waals surface area (Å²) in [6, 6.07) is 0. The van der Waals surface area contributed by atoms with Gasteiger partial charge in [0.05, 0.1) is 13.2 Å². The SMILES string of the molecule is CC/C=C\C/C=C\C/C=C\C/C=C\C/C=C\CCCCCCCCCC(=O)OC(CO)COCCCCCCCC/C=C\CCCC. The second-order valence-electron chi connectivity index (χ2n) is 12.6. The lowest BCUT2D eigenvalue weighted by atomic mass is 10.1. The largest absolute Gasteiger partial charge is 0.457 e. The number of aliphatic hydroxyl groups excluding tert-OH is 1. The summed E-state index contributed by atoms with van der Waals surface area (Å²) in [5.41, 5.74) is 0. The molecule has 0 amide bonds. The van der Waals surface area contributed by atoms with Crippen LogP contribution in [-0.2, 0) is 14.3 Å². The molecule has 0 spiro atoms. The van der Waals surface area contributed by atoms with E-state index in [1.807, 2.05) is 0 Å². The average Bonchev–Trinajstić information content (AvgIpc) is 3.08. The molecule has 0 aliphatic rings. The Labute approximate surface area is 291 Å². The highest BCUT2D eigenvalue weighted by atomic mass is 16.6. The molecule has 0 aromatic carbocycles. The standard InChI is InChI=1S/C43H74O4/c1-3-5-7-9-11-13-15-17-18-19-20-21-22-23-24-25-26-27-28-30-32-34-36-38-43(45)47-42(40-44)41-46-39-37-35-33-31-29-16-14-12-10-8-6-4-2/h5,7,10-13,17-18,20-21,23-24,42,44H,3-4,6,8-9,14-16,19,22,25-41H2,1-2H3/b7-5-,12-10-,13-11-,18-17-,21-20-,24-23-. The molecule has 1 N–H and O–H groups in total. The van der Waals surface area contributed by atoms with Crippen molar-refractivity contribution in [3.8, 4) is 0 Å². The maximum absolute atomic E-state index is 12.2. The third-order valence-electron chi connectivity index (χ3n) is 8.02. The van der Waals surface area contributed by atoms with Crippen molar-refractivity contribution in [2.45, 2.75) is 174 Å². The number of esters is 1. The predicted octanol–water partition coefficient (Wildman–Crippen LogP) is 12.6. The van der Waals surface area contributed by atoms with Gasteiger partial charge in [0.25, 0.3) is 0 Å². The molecule has 0 fully saturated rings. The van der Waals surface area contributed by atoms with Gasteiger partial charge in [-0.3, -0.25) is 4.79 Å². The highest BCUT2D eigenvalue weighted by Gasteiger charge is 2.13. The van der Waals surface area contributed by atoms with Gasteiger partial charge in [0, 0.05) is 13.0 Å². The van der Waals surface area contributed by atoms with Crippen molar-refractivity contribution < 1.29 is 19.4 Å². The molecule has 47 heavy (non-hydrogen) atoms. The van der Waals surface area contributed by atoms with Gasteiger partial charge in [0.2, 0.25) is 0 Å². The van der Waals surface area contributed by atoms with Crippen LogP contribution in [0.15, 0.2) is 72.9 Å². The third-order valence-corrected chi connectivity index (χ3v) is 8.02. The zero-order chi connectivity index (χ0) is 34.1. The zero-order valence-corrected chi connectivity index (χ0v) is 30.8. The summed E-state index contributed by atoms with van der Waals surface area (Å²) in [6.07, 6.45) is 53.7. The maximum atomic E-state index is 12.2. The van der Waals surface area contributed by atoms with Crippen LogP contribution in [0.3, 0.4) is 0 Å². The first-order valence-electron chi connectivity index (χ1n) is 19.5. The fourth-order valence-corrected chi connectivity index (χ4v) is 5.10. The normalized spacial score (nSPS) is 13.2. The van der Waals surface area contributed by atoms with E-state index in [4.69, 9.17) is 9.47 Å². The van der Waals surface area contributed by atoms with Gasteiger partial charge in [0.1, 0.15) is 6.10 Å². The van der Waals surface area contributed by atoms with Crippen molar-refractivity contribution in [2.24, 2.45) is 0 Å². The minimum atomic E-state index is -0.546. The monoisotopic (exact) mass is 655 g/mol. The van der Waals surface area contributed by atoms with Crippen LogP contribution in [0.2, 0.25) is 0 Å². The fraction of sp³-hybridized carbons (Fsp3) is 0.698. The third kappa shape index (κ3) is 38.2. The Kier molecular flexibility index (Phi) is 38.2. The molecule has 0 aliphatic heterocycles. The Balaban J connectivity index is 3.52. The Bertz CT molecular complexity index is 820. The van der Waals surface area contributed by atoms with Crippen molar-refractivity contribution in [1.29, 1.82) is 0 Å². The van der Waals surface area contributed by atoms with E-state index in [1.54, 1.807) is 0 Å². The van der Waals surface area contributed by atoms with E-state index in [2.05, 4.69) is 86.8 Å². The Morgan fingerprint density at radius 3 is 1.47 bits per heavy atom. The first-order chi connectivity index (χ1) is 23.2. The number of rotatable bonds is 35. The number of hydrogen-bond donors (Lipinski definition) is 1. The first-order valence-corrected chi connectivity index (χ1v) is 19.5. The number of hydrogen-bond acceptors (Lipinski definition) is 4. The van der Waals surface area contributed by atoms with Gasteiger partial charge in [-0.1, -0.05) is 157 Å². The van der Waals surface area contributed by atoms with Crippen LogP contribution in [0, 0.1) is 0 Å². The molecule has 1 unspecified atom stereocenters. The van der Waals surface area contributed by atoms with E-state index >= 15 is 0 Å². The predicted molar refractivity (Wildman–Crippen MR) is 205 cm³/mol. The second kappa shape index (κ2) is 40.0. The van der Waals surface area contributed by atoms with Gasteiger partial charge in [0.15, 0.2) is 0 Å². The summed E-state index contributed by atoms with van der Waals surface area (Å²) in [7, 11) is 0. The van der Waals surface area contributed by atoms with Crippen molar-refractivity contribution in [2.75, 3.05) is 19.8 Å². The van der Waals surface area contributed by atoms with Crippen LogP contribution in [0.1, 0.15) is 168 Å². The summed E-state index contributed by atoms with van der Waals surface area (Å²) >= 11 is 0. The summed E-state index contributed by atoms with van der Waals surface area (Å²) in [6.45, 7) is 5.16. The smallest absolute Gasteiger partial charge is 0.306 e. The first kappa shape index (κ1) is 44.8. The number of ether oxygens (including phenoxy) is 2. The fourth-order valence-electron chi connectivity index (χ4n) is 5.10. The van der Waals surface area contributed by atoms with Crippen LogP contribution < -0.4 is 0 Å². The molecule has 4 heteroatoms. The zero-order valence-electron chi connectivity index (χ0n) is 30.8. The van der Waals surface area contributed by atoms with Gasteiger partial charge < -0.3 is 14.6 Å². The lowest BCUT2D eigenvalue weighted by Gasteiger charge is -2.15. The molecule has 0 aliphatic carbocycles. The van der Waals surface area contributed by atoms with Gasteiger partial charge in [-0.05, 0) is 77.0 Å². The van der Waals surface area contributed by atoms with Crippen LogP contribution in [0.25, 0.3) is 0 Å². The van der Waals surface area contributed by atoms with E-state index in [-0.39, 0.29) is 19.2 Å². The topological polar surface area (TPSA) is 55.8 Å². The average molecular weight is 655 g/mol. The van der Waals surface area contributed by atoms with E-state index in [9.17, 15) is 9.90 Å². The molecule has 0 aromatic rings. The number of carbonyl (C=O) groups is 1. The van der Waals surface area contributed by atoms with Crippen LogP contribution in [0.4, 0.5) is 0 Å². The van der Waals surface area contributed by atoms with Crippen molar-refractivity contribution in [1.82, 2.24) is 0 Å². The van der Waals surface area contributed by atoms with Crippen LogP contribution in [0.5, 0.6) is 0 Å². The molecular formula is C43H74O4. The Hall–Kier alpha value is -2.17. The molecule has 4 nitrogen and oxygen atoms in total. The van der Waals surface area contributed by atoms with Gasteiger partial charge in [-0.25, -0.2) is 0 Å². The molecule has 0 radical (unpaired) electrons. The molecule has 0 aromatic heterocycles. The molecule has 270 valence electrons. The van der Waals surface area contributed by atoms with Gasteiger partial charge in [-0.2, -0.15) is 0 Å². The number of aliphatic hydroxyl groups is 1. The minimum absolute atomic E-state index is 0.182. The Morgan fingerprint density at radius 2 is 0.957 bits per heavy atom. The summed E-state index contributed by atoms with van der Waals surface area (Å²) < 4.78 is 11.1. The molecule has 0 heterocycles. The maximum Gasteiger partial charge on any atom is 0.306 e. The van der Waals surface area contributed by atoms with E-state index in [0.717, 1.165) is 64.2 Å². The summed E-state index contributed by atoms with van der Waals surface area (Å²) in [5.74, 6) is -0.218. The van der Waals surface area contributed by atoms with E-state index < -0.39 is 6.10 Å². The number of unbranched alkanes of at least 4 members (excludes halogenated alkanes) is 15. The summed E-state index contributed by atoms with van der Waals surface area (Å²) in [4.78, 5) is 12.2. The lowest BCUT2D eigenvalue weighted by molar-refractivity contribution is -0.154. The molecule has 0 saturated heterocycles. The Morgan fingerprint density at radius 1 is 0.532 bits per heavy atom. The van der Waals surface area contributed by atoms with E-state index in [1.165, 1.54) is 83.5 Å². The summed E-state index contributed by atoms with van der Waals surface area (Å²) in [5, 5.41) is 9.56. The van der Waals surface area contributed by atoms with Crippen molar-refractivity contribution in [3.05, 3.63) is 72.9 Å². The molecule has 0 bridgehead atoms. The van der Waals surface area contributed by atoms with Crippen LogP contribution in [-0.4, -0.2) is 37.0 Å². The van der Waals surface area contributed by atoms with Crippen LogP contribution >= 0.6 is 0 Å². The number of carbonyl (C=O) groups excluding carboxylic acids is 1. The lowest BCUT2D eigenvalue weighted by Crippen LogP contribution is -2.27. The molecule has 0 rings (SSSR count). The minimum Gasteiger partial charge on any atom is -0.457 e. The van der Waals surface area contributed by atoms with Gasteiger partial charge >= 0.3 is 5.97 Å². The highest BCUT2D eigenvalue weighted by molar-refractivity contribution is 5.69. The highest BCUT2D eigenvalue weighted by Crippen LogP contribution is 2.12. The van der Waals surface area contributed by atoms with Crippen molar-refractivity contribution in [3.63, 3.8) is 0 Å². The second-order valence-corrected chi connectivity index (χ2v) is 12.6.